The van der Waals surface area contributed by atoms with E-state index in [2.05, 4.69) is 5.32 Å². The Balaban J connectivity index is 1.49. The molecule has 1 heterocycles. The molecule has 1 aromatic heterocycles. The molecule has 1 amide bonds. The molecule has 3 rings (SSSR count). The number of hydrogen-bond donors (Lipinski definition) is 1. The van der Waals surface area contributed by atoms with Crippen molar-refractivity contribution < 1.29 is 18.7 Å². The van der Waals surface area contributed by atoms with Crippen molar-refractivity contribution in [1.29, 1.82) is 0 Å². The van der Waals surface area contributed by atoms with Crippen molar-refractivity contribution in [1.82, 2.24) is 5.32 Å². The lowest BCUT2D eigenvalue weighted by Crippen LogP contribution is -2.26. The van der Waals surface area contributed by atoms with Crippen LogP contribution in [-0.2, 0) is 11.2 Å². The first-order valence-corrected chi connectivity index (χ1v) is 9.63. The van der Waals surface area contributed by atoms with Crippen molar-refractivity contribution in [2.45, 2.75) is 26.2 Å². The van der Waals surface area contributed by atoms with Gasteiger partial charge in [0, 0.05) is 30.0 Å². The quantitative estimate of drug-likeness (QED) is 0.442. The van der Waals surface area contributed by atoms with Gasteiger partial charge in [-0.3, -0.25) is 4.79 Å². The average molecular weight is 395 g/mol. The molecule has 0 atom stereocenters. The van der Waals surface area contributed by atoms with E-state index in [0.29, 0.717) is 42.9 Å². The number of aryl methyl sites for hydroxylation is 1. The number of rotatable bonds is 9. The van der Waals surface area contributed by atoms with E-state index in [1.165, 1.54) is 0 Å². The number of benzene rings is 2. The van der Waals surface area contributed by atoms with E-state index in [9.17, 15) is 9.59 Å². The Bertz CT molecular complexity index is 1030. The van der Waals surface area contributed by atoms with Crippen LogP contribution in [0.2, 0.25) is 0 Å². The van der Waals surface area contributed by atoms with Crippen molar-refractivity contribution in [3.8, 4) is 11.5 Å². The van der Waals surface area contributed by atoms with Gasteiger partial charge >= 0.3 is 5.63 Å². The summed E-state index contributed by atoms with van der Waals surface area (Å²) in [6.07, 6.45) is 1.27. The van der Waals surface area contributed by atoms with Gasteiger partial charge in [0.25, 0.3) is 0 Å². The molecule has 1 N–H and O–H groups in total. The maximum Gasteiger partial charge on any atom is 0.339 e. The molecular weight excluding hydrogens is 370 g/mol. The van der Waals surface area contributed by atoms with Crippen LogP contribution in [0.4, 0.5) is 0 Å². The van der Waals surface area contributed by atoms with Crippen LogP contribution in [0.5, 0.6) is 11.5 Å². The third-order valence-electron chi connectivity index (χ3n) is 4.75. The number of carbonyl (C=O) groups excluding carboxylic acids is 1. The molecule has 0 saturated carbocycles. The normalized spacial score (nSPS) is 10.7. The second kappa shape index (κ2) is 9.78. The van der Waals surface area contributed by atoms with Gasteiger partial charge in [0.05, 0.1) is 13.7 Å². The van der Waals surface area contributed by atoms with E-state index in [0.717, 1.165) is 16.7 Å². The van der Waals surface area contributed by atoms with Crippen LogP contribution in [-0.4, -0.2) is 26.2 Å². The standard InChI is InChI=1S/C23H25NO5/c1-16-19-10-9-18(27-2)15-21(19)29-23(26)20(16)11-12-22(25)24-13-6-14-28-17-7-4-3-5-8-17/h3-5,7-10,15H,6,11-14H2,1-2H3,(H,24,25). The third kappa shape index (κ3) is 5.38. The van der Waals surface area contributed by atoms with Crippen molar-refractivity contribution in [3.05, 3.63) is 70.1 Å². The molecular formula is C23H25NO5. The van der Waals surface area contributed by atoms with Crippen LogP contribution in [0.1, 0.15) is 24.0 Å². The summed E-state index contributed by atoms with van der Waals surface area (Å²) in [5, 5.41) is 3.71. The Hall–Kier alpha value is -3.28. The van der Waals surface area contributed by atoms with Gasteiger partial charge < -0.3 is 19.2 Å². The highest BCUT2D eigenvalue weighted by Gasteiger charge is 2.13. The van der Waals surface area contributed by atoms with Gasteiger partial charge in [-0.05, 0) is 49.6 Å². The van der Waals surface area contributed by atoms with Crippen LogP contribution in [0.25, 0.3) is 11.0 Å². The monoisotopic (exact) mass is 395 g/mol. The van der Waals surface area contributed by atoms with Crippen LogP contribution in [0.15, 0.2) is 57.7 Å². The molecule has 0 aliphatic heterocycles. The number of hydrogen-bond acceptors (Lipinski definition) is 5. The first kappa shape index (κ1) is 20.5. The van der Waals surface area contributed by atoms with Gasteiger partial charge in [-0.2, -0.15) is 0 Å². The van der Waals surface area contributed by atoms with Crippen molar-refractivity contribution >= 4 is 16.9 Å². The lowest BCUT2D eigenvalue weighted by Gasteiger charge is -2.09. The highest BCUT2D eigenvalue weighted by atomic mass is 16.5. The molecule has 0 aliphatic carbocycles. The van der Waals surface area contributed by atoms with Gasteiger partial charge in [0.2, 0.25) is 5.91 Å². The van der Waals surface area contributed by atoms with Crippen molar-refractivity contribution in [2.24, 2.45) is 0 Å². The summed E-state index contributed by atoms with van der Waals surface area (Å²) < 4.78 is 16.2. The van der Waals surface area contributed by atoms with Crippen LogP contribution in [0, 0.1) is 6.92 Å². The Morgan fingerprint density at radius 3 is 2.66 bits per heavy atom. The molecule has 0 unspecified atom stereocenters. The topological polar surface area (TPSA) is 77.8 Å². The molecule has 29 heavy (non-hydrogen) atoms. The summed E-state index contributed by atoms with van der Waals surface area (Å²) in [6, 6.07) is 14.9. The summed E-state index contributed by atoms with van der Waals surface area (Å²) in [5.41, 5.74) is 1.44. The fourth-order valence-electron chi connectivity index (χ4n) is 3.12. The summed E-state index contributed by atoms with van der Waals surface area (Å²) in [4.78, 5) is 24.5. The maximum atomic E-state index is 12.3. The zero-order chi connectivity index (χ0) is 20.6. The Labute approximate surface area is 169 Å². The van der Waals surface area contributed by atoms with Crippen LogP contribution < -0.4 is 20.4 Å². The van der Waals surface area contributed by atoms with Gasteiger partial charge in [-0.1, -0.05) is 18.2 Å². The summed E-state index contributed by atoms with van der Waals surface area (Å²) in [6.45, 7) is 2.93. The maximum absolute atomic E-state index is 12.3. The van der Waals surface area contributed by atoms with E-state index in [1.54, 1.807) is 13.2 Å². The second-order valence-electron chi connectivity index (χ2n) is 6.72. The average Bonchev–Trinajstić information content (AvgIpc) is 2.73. The number of para-hydroxylation sites is 1. The summed E-state index contributed by atoms with van der Waals surface area (Å²) >= 11 is 0. The molecule has 3 aromatic rings. The SMILES string of the molecule is COc1ccc2c(C)c(CCC(=O)NCCCOc3ccccc3)c(=O)oc2c1. The molecule has 0 fully saturated rings. The number of nitrogens with one attached hydrogen (secondary N) is 1. The van der Waals surface area contributed by atoms with E-state index in [4.69, 9.17) is 13.9 Å². The number of carbonyl (C=O) groups is 1. The predicted octanol–water partition coefficient (Wildman–Crippen LogP) is 3.63. The molecule has 6 heteroatoms. The smallest absolute Gasteiger partial charge is 0.339 e. The molecule has 0 saturated heterocycles. The van der Waals surface area contributed by atoms with Gasteiger partial charge in [0.1, 0.15) is 17.1 Å². The fraction of sp³-hybridized carbons (Fsp3) is 0.304. The zero-order valence-corrected chi connectivity index (χ0v) is 16.7. The van der Waals surface area contributed by atoms with E-state index in [-0.39, 0.29) is 12.3 Å². The second-order valence-corrected chi connectivity index (χ2v) is 6.72. The highest BCUT2D eigenvalue weighted by molar-refractivity contribution is 5.82. The largest absolute Gasteiger partial charge is 0.497 e. The first-order valence-electron chi connectivity index (χ1n) is 9.63. The van der Waals surface area contributed by atoms with E-state index in [1.807, 2.05) is 49.4 Å². The molecule has 0 spiro atoms. The van der Waals surface area contributed by atoms with Crippen molar-refractivity contribution in [2.75, 3.05) is 20.3 Å². The lowest BCUT2D eigenvalue weighted by molar-refractivity contribution is -0.121. The molecule has 0 bridgehead atoms. The first-order chi connectivity index (χ1) is 14.1. The van der Waals surface area contributed by atoms with E-state index < -0.39 is 5.63 Å². The van der Waals surface area contributed by atoms with Gasteiger partial charge in [-0.25, -0.2) is 4.79 Å². The minimum absolute atomic E-state index is 0.0988. The van der Waals surface area contributed by atoms with Crippen molar-refractivity contribution in [3.63, 3.8) is 0 Å². The van der Waals surface area contributed by atoms with E-state index >= 15 is 0 Å². The van der Waals surface area contributed by atoms with Gasteiger partial charge in [-0.15, -0.1) is 0 Å². The summed E-state index contributed by atoms with van der Waals surface area (Å²) in [7, 11) is 1.56. The number of methoxy groups -OCH3 is 1. The number of amides is 1. The highest BCUT2D eigenvalue weighted by Crippen LogP contribution is 2.24. The molecule has 0 aliphatic rings. The lowest BCUT2D eigenvalue weighted by atomic mass is 10.0. The molecule has 2 aromatic carbocycles. The Kier molecular flexibility index (Phi) is 6.89. The molecule has 0 radical (unpaired) electrons. The predicted molar refractivity (Wildman–Crippen MR) is 112 cm³/mol. The molecule has 152 valence electrons. The minimum Gasteiger partial charge on any atom is -0.497 e. The van der Waals surface area contributed by atoms with Crippen LogP contribution in [0.3, 0.4) is 0 Å². The van der Waals surface area contributed by atoms with Gasteiger partial charge in [0.15, 0.2) is 0 Å². The fourth-order valence-corrected chi connectivity index (χ4v) is 3.12. The number of ether oxygens (including phenoxy) is 2. The number of fused-ring (bicyclic) bond motifs is 1. The summed E-state index contributed by atoms with van der Waals surface area (Å²) in [5.74, 6) is 1.34. The Morgan fingerprint density at radius 2 is 1.90 bits per heavy atom. The Morgan fingerprint density at radius 1 is 1.10 bits per heavy atom. The minimum atomic E-state index is -0.410. The molecule has 6 nitrogen and oxygen atoms in total. The zero-order valence-electron chi connectivity index (χ0n) is 16.7. The third-order valence-corrected chi connectivity index (χ3v) is 4.75. The van der Waals surface area contributed by atoms with Crippen LogP contribution >= 0.6 is 0 Å².